The van der Waals surface area contributed by atoms with E-state index in [1.807, 2.05) is 44.2 Å². The van der Waals surface area contributed by atoms with Crippen molar-refractivity contribution < 1.29 is 4.79 Å². The van der Waals surface area contributed by atoms with E-state index in [4.69, 9.17) is 0 Å². The second kappa shape index (κ2) is 5.00. The average molecular weight is 240 g/mol. The van der Waals surface area contributed by atoms with E-state index in [9.17, 15) is 4.79 Å². The first-order valence-corrected chi connectivity index (χ1v) is 5.87. The van der Waals surface area contributed by atoms with E-state index < -0.39 is 0 Å². The number of aryl methyl sites for hydroxylation is 2. The van der Waals surface area contributed by atoms with Crippen molar-refractivity contribution in [2.75, 3.05) is 7.05 Å². The predicted molar refractivity (Wildman–Crippen MR) is 72.5 cm³/mol. The lowest BCUT2D eigenvalue weighted by molar-refractivity contribution is 0.0962. The molecule has 0 radical (unpaired) electrons. The van der Waals surface area contributed by atoms with Crippen LogP contribution in [0.3, 0.4) is 0 Å². The molecule has 3 heteroatoms. The van der Waals surface area contributed by atoms with Gasteiger partial charge in [0.15, 0.2) is 0 Å². The van der Waals surface area contributed by atoms with Gasteiger partial charge in [-0.25, -0.2) is 0 Å². The van der Waals surface area contributed by atoms with Crippen molar-refractivity contribution in [2.24, 2.45) is 0 Å². The third-order valence-electron chi connectivity index (χ3n) is 2.93. The van der Waals surface area contributed by atoms with Crippen molar-refractivity contribution in [3.63, 3.8) is 0 Å². The van der Waals surface area contributed by atoms with Crippen molar-refractivity contribution in [1.29, 1.82) is 0 Å². The fourth-order valence-corrected chi connectivity index (χ4v) is 1.96. The number of rotatable bonds is 2. The number of pyridine rings is 1. The largest absolute Gasteiger partial charge is 0.355 e. The molecule has 3 nitrogen and oxygen atoms in total. The van der Waals surface area contributed by atoms with E-state index in [-0.39, 0.29) is 5.91 Å². The van der Waals surface area contributed by atoms with Gasteiger partial charge in [0.1, 0.15) is 0 Å². The van der Waals surface area contributed by atoms with Crippen LogP contribution >= 0.6 is 0 Å². The van der Waals surface area contributed by atoms with Crippen molar-refractivity contribution >= 4 is 5.91 Å². The summed E-state index contributed by atoms with van der Waals surface area (Å²) in [6.07, 6.45) is 1.80. The smallest absolute Gasteiger partial charge is 0.251 e. The minimum Gasteiger partial charge on any atom is -0.355 e. The number of nitrogens with one attached hydrogen (secondary N) is 1. The standard InChI is InChI=1S/C15H16N2O/c1-10-8-12(4-5-14(10)15(18)16-3)13-6-7-17-11(2)9-13/h4-9H,1-3H3,(H,16,18). The Morgan fingerprint density at radius 1 is 1.11 bits per heavy atom. The lowest BCUT2D eigenvalue weighted by Gasteiger charge is -2.08. The van der Waals surface area contributed by atoms with E-state index in [1.165, 1.54) is 0 Å². The molecule has 1 N–H and O–H groups in total. The summed E-state index contributed by atoms with van der Waals surface area (Å²) in [7, 11) is 1.64. The Kier molecular flexibility index (Phi) is 3.42. The molecule has 2 rings (SSSR count). The molecule has 18 heavy (non-hydrogen) atoms. The van der Waals surface area contributed by atoms with Gasteiger partial charge in [0, 0.05) is 24.5 Å². The third kappa shape index (κ3) is 2.40. The van der Waals surface area contributed by atoms with E-state index >= 15 is 0 Å². The van der Waals surface area contributed by atoms with Crippen molar-refractivity contribution in [1.82, 2.24) is 10.3 Å². The Hall–Kier alpha value is -2.16. The Bertz CT molecular complexity index is 591. The van der Waals surface area contributed by atoms with Gasteiger partial charge in [-0.05, 0) is 48.7 Å². The van der Waals surface area contributed by atoms with Crippen molar-refractivity contribution in [3.8, 4) is 11.1 Å². The molecule has 0 fully saturated rings. The van der Waals surface area contributed by atoms with Crippen LogP contribution in [-0.2, 0) is 0 Å². The van der Waals surface area contributed by atoms with E-state index in [2.05, 4.69) is 10.3 Å². The SMILES string of the molecule is CNC(=O)c1ccc(-c2ccnc(C)c2)cc1C. The molecule has 0 spiro atoms. The highest BCUT2D eigenvalue weighted by Gasteiger charge is 2.08. The summed E-state index contributed by atoms with van der Waals surface area (Å²) in [5.74, 6) is -0.0510. The van der Waals surface area contributed by atoms with Crippen LogP contribution in [0, 0.1) is 13.8 Å². The average Bonchev–Trinajstić information content (AvgIpc) is 2.37. The van der Waals surface area contributed by atoms with Crippen LogP contribution in [0.15, 0.2) is 36.5 Å². The van der Waals surface area contributed by atoms with Gasteiger partial charge in [0.2, 0.25) is 0 Å². The van der Waals surface area contributed by atoms with Crippen LogP contribution in [0.5, 0.6) is 0 Å². The summed E-state index contributed by atoms with van der Waals surface area (Å²) in [6, 6.07) is 9.86. The number of amides is 1. The van der Waals surface area contributed by atoms with Crippen LogP contribution in [0.1, 0.15) is 21.6 Å². The number of aromatic nitrogens is 1. The summed E-state index contributed by atoms with van der Waals surface area (Å²) in [5, 5.41) is 2.64. The minimum atomic E-state index is -0.0510. The normalized spacial score (nSPS) is 10.2. The first kappa shape index (κ1) is 12.3. The van der Waals surface area contributed by atoms with E-state index in [0.29, 0.717) is 5.56 Å². The summed E-state index contributed by atoms with van der Waals surface area (Å²) >= 11 is 0. The molecule has 0 bridgehead atoms. The second-order valence-corrected chi connectivity index (χ2v) is 4.29. The van der Waals surface area contributed by atoms with Gasteiger partial charge in [-0.3, -0.25) is 9.78 Å². The molecule has 1 aromatic carbocycles. The molecular weight excluding hydrogens is 224 g/mol. The van der Waals surface area contributed by atoms with Crippen molar-refractivity contribution in [3.05, 3.63) is 53.3 Å². The second-order valence-electron chi connectivity index (χ2n) is 4.29. The molecule has 0 aliphatic rings. The maximum atomic E-state index is 11.6. The number of carbonyl (C=O) groups is 1. The zero-order valence-corrected chi connectivity index (χ0v) is 10.8. The lowest BCUT2D eigenvalue weighted by atomic mass is 10.00. The summed E-state index contributed by atoms with van der Waals surface area (Å²) < 4.78 is 0. The van der Waals surface area contributed by atoms with Gasteiger partial charge in [-0.1, -0.05) is 12.1 Å². The number of carbonyl (C=O) groups excluding carboxylic acids is 1. The maximum Gasteiger partial charge on any atom is 0.251 e. The highest BCUT2D eigenvalue weighted by Crippen LogP contribution is 2.22. The highest BCUT2D eigenvalue weighted by molar-refractivity contribution is 5.96. The molecule has 0 saturated heterocycles. The van der Waals surface area contributed by atoms with Gasteiger partial charge >= 0.3 is 0 Å². The van der Waals surface area contributed by atoms with Gasteiger partial charge in [-0.2, -0.15) is 0 Å². The Morgan fingerprint density at radius 2 is 1.83 bits per heavy atom. The molecule has 1 heterocycles. The number of benzene rings is 1. The Labute approximate surface area is 107 Å². The molecule has 0 saturated carbocycles. The molecule has 1 aromatic heterocycles. The molecule has 0 atom stereocenters. The summed E-state index contributed by atoms with van der Waals surface area (Å²) in [6.45, 7) is 3.91. The summed E-state index contributed by atoms with van der Waals surface area (Å²) in [4.78, 5) is 15.8. The fourth-order valence-electron chi connectivity index (χ4n) is 1.96. The highest BCUT2D eigenvalue weighted by atomic mass is 16.1. The van der Waals surface area contributed by atoms with Gasteiger partial charge in [0.25, 0.3) is 5.91 Å². The fraction of sp³-hybridized carbons (Fsp3) is 0.200. The molecule has 92 valence electrons. The zero-order chi connectivity index (χ0) is 13.1. The van der Waals surface area contributed by atoms with Crippen LogP contribution in [-0.4, -0.2) is 17.9 Å². The van der Waals surface area contributed by atoms with Crippen LogP contribution in [0.4, 0.5) is 0 Å². The monoisotopic (exact) mass is 240 g/mol. The molecule has 0 aliphatic carbocycles. The van der Waals surface area contributed by atoms with Crippen molar-refractivity contribution in [2.45, 2.75) is 13.8 Å². The number of hydrogen-bond acceptors (Lipinski definition) is 2. The van der Waals surface area contributed by atoms with Gasteiger partial charge in [-0.15, -0.1) is 0 Å². The molecular formula is C15H16N2O. The zero-order valence-electron chi connectivity index (χ0n) is 10.8. The third-order valence-corrected chi connectivity index (χ3v) is 2.93. The van der Waals surface area contributed by atoms with Crippen LogP contribution in [0.25, 0.3) is 11.1 Å². The maximum absolute atomic E-state index is 11.6. The Balaban J connectivity index is 2.43. The predicted octanol–water partition coefficient (Wildman–Crippen LogP) is 2.73. The lowest BCUT2D eigenvalue weighted by Crippen LogP contribution is -2.18. The van der Waals surface area contributed by atoms with E-state index in [1.54, 1.807) is 13.2 Å². The first-order valence-electron chi connectivity index (χ1n) is 5.87. The quantitative estimate of drug-likeness (QED) is 0.877. The van der Waals surface area contributed by atoms with Gasteiger partial charge in [0.05, 0.1) is 0 Å². The first-order chi connectivity index (χ1) is 8.61. The number of hydrogen-bond donors (Lipinski definition) is 1. The Morgan fingerprint density at radius 3 is 2.44 bits per heavy atom. The molecule has 2 aromatic rings. The summed E-state index contributed by atoms with van der Waals surface area (Å²) in [5.41, 5.74) is 4.90. The topological polar surface area (TPSA) is 42.0 Å². The van der Waals surface area contributed by atoms with Crippen LogP contribution < -0.4 is 5.32 Å². The molecule has 1 amide bonds. The van der Waals surface area contributed by atoms with Crippen LogP contribution in [0.2, 0.25) is 0 Å². The molecule has 0 unspecified atom stereocenters. The van der Waals surface area contributed by atoms with Gasteiger partial charge < -0.3 is 5.32 Å². The minimum absolute atomic E-state index is 0.0510. The van der Waals surface area contributed by atoms with E-state index in [0.717, 1.165) is 22.4 Å². The molecule has 0 aliphatic heterocycles. The number of nitrogens with zero attached hydrogens (tertiary/aromatic N) is 1.